The Hall–Kier alpha value is -2.90. The van der Waals surface area contributed by atoms with Crippen LogP contribution in [0.15, 0.2) is 36.4 Å². The number of hydrogen-bond donors (Lipinski definition) is 1. The summed E-state index contributed by atoms with van der Waals surface area (Å²) in [7, 11) is 0. The first kappa shape index (κ1) is 26.3. The topological polar surface area (TPSA) is 57.9 Å². The van der Waals surface area contributed by atoms with Gasteiger partial charge in [0.2, 0.25) is 0 Å². The Bertz CT molecular complexity index is 1350. The maximum Gasteiger partial charge on any atom is 0.335 e. The molecule has 1 saturated carbocycles. The summed E-state index contributed by atoms with van der Waals surface area (Å²) in [6, 6.07) is 11.7. The first-order valence-corrected chi connectivity index (χ1v) is 14.8. The Morgan fingerprint density at radius 2 is 1.77 bits per heavy atom. The highest BCUT2D eigenvalue weighted by molar-refractivity contribution is 5.98. The van der Waals surface area contributed by atoms with Crippen molar-refractivity contribution >= 4 is 16.9 Å². The fourth-order valence-corrected chi connectivity index (χ4v) is 7.05. The molecule has 6 nitrogen and oxygen atoms in total. The van der Waals surface area contributed by atoms with E-state index in [0.717, 1.165) is 85.5 Å². The molecule has 0 radical (unpaired) electrons. The van der Waals surface area contributed by atoms with Gasteiger partial charge in [-0.3, -0.25) is 4.90 Å². The molecule has 3 aliphatic rings. The minimum absolute atomic E-state index is 0.182. The molecule has 0 spiro atoms. The number of nitrogens with zero attached hydrogens (tertiary/aromatic N) is 3. The van der Waals surface area contributed by atoms with Gasteiger partial charge >= 0.3 is 5.97 Å². The van der Waals surface area contributed by atoms with Crippen molar-refractivity contribution in [2.75, 3.05) is 39.3 Å². The monoisotopic (exact) mass is 533 g/mol. The Morgan fingerprint density at radius 1 is 0.974 bits per heavy atom. The summed E-state index contributed by atoms with van der Waals surface area (Å²) in [4.78, 5) is 17.0. The van der Waals surface area contributed by atoms with Gasteiger partial charge in [-0.2, -0.15) is 0 Å². The molecule has 1 saturated heterocycles. The number of rotatable bonds is 7. The van der Waals surface area contributed by atoms with Crippen LogP contribution in [0.2, 0.25) is 0 Å². The van der Waals surface area contributed by atoms with Gasteiger partial charge in [0.25, 0.3) is 0 Å². The molecule has 2 aromatic carbocycles. The predicted molar refractivity (Wildman–Crippen MR) is 153 cm³/mol. The van der Waals surface area contributed by atoms with Crippen LogP contribution >= 0.6 is 0 Å². The molecule has 3 aromatic rings. The number of carbonyl (C=O) groups is 1. The van der Waals surface area contributed by atoms with E-state index in [9.17, 15) is 9.90 Å². The summed E-state index contributed by atoms with van der Waals surface area (Å²) < 4.78 is 23.8. The highest BCUT2D eigenvalue weighted by Gasteiger charge is 2.34. The molecule has 208 valence electrons. The first-order chi connectivity index (χ1) is 19.0. The number of carboxylic acid groups (broad SMARTS) is 1. The van der Waals surface area contributed by atoms with Crippen molar-refractivity contribution in [2.45, 2.75) is 70.6 Å². The molecule has 3 heterocycles. The maximum atomic E-state index is 15.6. The normalized spacial score (nSPS) is 22.3. The smallest absolute Gasteiger partial charge is 0.335 e. The van der Waals surface area contributed by atoms with Crippen LogP contribution in [-0.2, 0) is 13.1 Å². The Kier molecular flexibility index (Phi) is 7.63. The first-order valence-electron chi connectivity index (χ1n) is 14.8. The minimum Gasteiger partial charge on any atom is -0.494 e. The number of benzene rings is 2. The van der Waals surface area contributed by atoms with Crippen molar-refractivity contribution in [3.63, 3.8) is 0 Å². The number of halogens is 1. The number of hydrogen-bond acceptors (Lipinski definition) is 4. The second-order valence-electron chi connectivity index (χ2n) is 11.4. The van der Waals surface area contributed by atoms with E-state index in [1.165, 1.54) is 31.5 Å². The van der Waals surface area contributed by atoms with Crippen LogP contribution in [0.25, 0.3) is 22.2 Å². The quantitative estimate of drug-likeness (QED) is 0.386. The van der Waals surface area contributed by atoms with Crippen molar-refractivity contribution in [3.05, 3.63) is 53.1 Å². The number of aromatic carboxylic acids is 1. The highest BCUT2D eigenvalue weighted by atomic mass is 19.1. The van der Waals surface area contributed by atoms with Gasteiger partial charge in [0.1, 0.15) is 11.9 Å². The molecule has 1 aromatic heterocycles. The standard InChI is InChI=1S/C32H40FN3O3/c1-2-39-24-10-12-25-23(19-24)21-35(16-15-34-13-5-6-14-34)17-18-36-29-20-22(32(37)38)9-11-27(29)30(31(25)36)26-7-3-4-8-28(26)33/h9-12,19-20,26,28H,2-8,13-18,21H2,1H3,(H,37,38)/t26-,28-/m0/s1. The number of ether oxygens (including phenoxy) is 1. The van der Waals surface area contributed by atoms with Crippen LogP contribution in [0.3, 0.4) is 0 Å². The van der Waals surface area contributed by atoms with E-state index < -0.39 is 12.1 Å². The molecule has 0 unspecified atom stereocenters. The lowest BCUT2D eigenvalue weighted by Crippen LogP contribution is -2.36. The third-order valence-corrected chi connectivity index (χ3v) is 9.01. The molecular weight excluding hydrogens is 493 g/mol. The molecular formula is C32H40FN3O3. The molecule has 2 atom stereocenters. The summed E-state index contributed by atoms with van der Waals surface area (Å²) in [5.41, 5.74) is 5.61. The lowest BCUT2D eigenvalue weighted by atomic mass is 9.80. The van der Waals surface area contributed by atoms with Gasteiger partial charge in [-0.05, 0) is 87.2 Å². The fourth-order valence-electron chi connectivity index (χ4n) is 7.05. The van der Waals surface area contributed by atoms with E-state index in [4.69, 9.17) is 4.74 Å². The van der Waals surface area contributed by atoms with Crippen molar-refractivity contribution in [2.24, 2.45) is 0 Å². The van der Waals surface area contributed by atoms with E-state index in [1.807, 2.05) is 19.1 Å². The molecule has 1 N–H and O–H groups in total. The van der Waals surface area contributed by atoms with E-state index in [-0.39, 0.29) is 11.5 Å². The van der Waals surface area contributed by atoms with E-state index >= 15 is 4.39 Å². The zero-order valence-electron chi connectivity index (χ0n) is 23.0. The predicted octanol–water partition coefficient (Wildman–Crippen LogP) is 6.31. The van der Waals surface area contributed by atoms with Gasteiger partial charge in [-0.1, -0.05) is 18.9 Å². The summed E-state index contributed by atoms with van der Waals surface area (Å²) in [5, 5.41) is 10.8. The zero-order valence-corrected chi connectivity index (χ0v) is 23.0. The van der Waals surface area contributed by atoms with Gasteiger partial charge in [0.15, 0.2) is 0 Å². The second kappa shape index (κ2) is 11.3. The largest absolute Gasteiger partial charge is 0.494 e. The van der Waals surface area contributed by atoms with Crippen LogP contribution in [0.5, 0.6) is 5.75 Å². The fraction of sp³-hybridized carbons (Fsp3) is 0.531. The molecule has 6 rings (SSSR count). The number of fused-ring (bicyclic) bond motifs is 5. The zero-order chi connectivity index (χ0) is 26.9. The van der Waals surface area contributed by atoms with Crippen LogP contribution < -0.4 is 4.74 Å². The van der Waals surface area contributed by atoms with Crippen molar-refractivity contribution in [1.29, 1.82) is 0 Å². The van der Waals surface area contributed by atoms with Crippen molar-refractivity contribution in [1.82, 2.24) is 14.4 Å². The molecule has 2 aliphatic heterocycles. The molecule has 2 fully saturated rings. The molecule has 7 heteroatoms. The maximum absolute atomic E-state index is 15.6. The minimum atomic E-state index is -0.935. The van der Waals surface area contributed by atoms with Gasteiger partial charge < -0.3 is 19.3 Å². The lowest BCUT2D eigenvalue weighted by molar-refractivity contribution is 0.0697. The van der Waals surface area contributed by atoms with Crippen LogP contribution in [-0.4, -0.2) is 70.9 Å². The molecule has 0 amide bonds. The molecule has 1 aliphatic carbocycles. The summed E-state index contributed by atoms with van der Waals surface area (Å²) >= 11 is 0. The van der Waals surface area contributed by atoms with Gasteiger partial charge in [-0.25, -0.2) is 9.18 Å². The Balaban J connectivity index is 1.51. The Morgan fingerprint density at radius 3 is 2.54 bits per heavy atom. The molecule has 39 heavy (non-hydrogen) atoms. The van der Waals surface area contributed by atoms with E-state index in [2.05, 4.69) is 26.5 Å². The number of aromatic nitrogens is 1. The SMILES string of the molecule is CCOc1ccc2c(c1)CN(CCN1CCCC1)CCn1c-2c([C@H]2CCCC[C@@H]2F)c2ccc(C(=O)O)cc21. The van der Waals surface area contributed by atoms with Crippen molar-refractivity contribution < 1.29 is 19.0 Å². The number of carboxylic acids is 1. The van der Waals surface area contributed by atoms with Gasteiger partial charge in [-0.15, -0.1) is 0 Å². The second-order valence-corrected chi connectivity index (χ2v) is 11.4. The van der Waals surface area contributed by atoms with E-state index in [0.29, 0.717) is 13.0 Å². The van der Waals surface area contributed by atoms with Crippen LogP contribution in [0, 0.1) is 0 Å². The highest BCUT2D eigenvalue weighted by Crippen LogP contribution is 2.47. The Labute approximate surface area is 230 Å². The third-order valence-electron chi connectivity index (χ3n) is 9.01. The summed E-state index contributed by atoms with van der Waals surface area (Å²) in [6.45, 7) is 9.40. The average molecular weight is 534 g/mol. The number of likely N-dealkylation sites (tertiary alicyclic amines) is 1. The third kappa shape index (κ3) is 5.19. The summed E-state index contributed by atoms with van der Waals surface area (Å²) in [5.74, 6) is -0.261. The van der Waals surface area contributed by atoms with Crippen molar-refractivity contribution in [3.8, 4) is 17.0 Å². The van der Waals surface area contributed by atoms with E-state index in [1.54, 1.807) is 12.1 Å². The molecule has 0 bridgehead atoms. The average Bonchev–Trinajstić information content (AvgIpc) is 3.55. The van der Waals surface area contributed by atoms with Gasteiger partial charge in [0.05, 0.1) is 17.9 Å². The van der Waals surface area contributed by atoms with Crippen LogP contribution in [0.1, 0.15) is 72.9 Å². The number of alkyl halides is 1. The van der Waals surface area contributed by atoms with Gasteiger partial charge in [0, 0.05) is 55.1 Å². The lowest BCUT2D eigenvalue weighted by Gasteiger charge is -2.31. The van der Waals surface area contributed by atoms with Crippen LogP contribution in [0.4, 0.5) is 4.39 Å². The summed E-state index contributed by atoms with van der Waals surface area (Å²) in [6.07, 6.45) is 5.03.